The third-order valence-electron chi connectivity index (χ3n) is 2.52. The molecule has 0 aromatic rings. The molecule has 0 saturated heterocycles. The van der Waals surface area contributed by atoms with Gasteiger partial charge in [0.15, 0.2) is 0 Å². The molecule has 0 aromatic carbocycles. The maximum absolute atomic E-state index is 6.08. The van der Waals surface area contributed by atoms with E-state index in [1.165, 1.54) is 0 Å². The monoisotopic (exact) mass is 204 g/mol. The van der Waals surface area contributed by atoms with E-state index >= 15 is 0 Å². The lowest BCUT2D eigenvalue weighted by atomic mass is 9.90. The summed E-state index contributed by atoms with van der Waals surface area (Å²) in [7, 11) is 0. The normalized spacial score (nSPS) is 22.8. The lowest BCUT2D eigenvalue weighted by molar-refractivity contribution is 0.505. The molecule has 1 rings (SSSR count). The fraction of sp³-hybridized carbons (Fsp3) is 0.385. The van der Waals surface area contributed by atoms with Crippen LogP contribution >= 0.6 is 0 Å². The van der Waals surface area contributed by atoms with Gasteiger partial charge < -0.3 is 11.5 Å². The summed E-state index contributed by atoms with van der Waals surface area (Å²) in [6, 6.07) is 0.168. The fourth-order valence-electron chi connectivity index (χ4n) is 1.57. The Balaban J connectivity index is 2.39. The maximum atomic E-state index is 6.08. The van der Waals surface area contributed by atoms with Crippen molar-refractivity contribution in [2.75, 3.05) is 0 Å². The Kier molecular flexibility index (Phi) is 4.37. The minimum atomic E-state index is 0.168. The van der Waals surface area contributed by atoms with Crippen LogP contribution in [0.5, 0.6) is 0 Å². The van der Waals surface area contributed by atoms with Crippen LogP contribution in [0.1, 0.15) is 19.8 Å². The van der Waals surface area contributed by atoms with E-state index in [0.29, 0.717) is 5.92 Å². The summed E-state index contributed by atoms with van der Waals surface area (Å²) in [4.78, 5) is 0. The molecule has 0 fully saturated rings. The Morgan fingerprint density at radius 2 is 2.47 bits per heavy atom. The van der Waals surface area contributed by atoms with E-state index in [0.717, 1.165) is 24.1 Å². The molecule has 15 heavy (non-hydrogen) atoms. The third kappa shape index (κ3) is 4.17. The van der Waals surface area contributed by atoms with Gasteiger partial charge in [0.2, 0.25) is 0 Å². The first kappa shape index (κ1) is 11.8. The van der Waals surface area contributed by atoms with Crippen molar-refractivity contribution >= 4 is 0 Å². The molecule has 2 nitrogen and oxygen atoms in total. The second-order valence-corrected chi connectivity index (χ2v) is 4.11. The Hall–Kier alpha value is -1.28. The highest BCUT2D eigenvalue weighted by molar-refractivity contribution is 5.21. The zero-order chi connectivity index (χ0) is 11.3. The van der Waals surface area contributed by atoms with Crippen molar-refractivity contribution < 1.29 is 0 Å². The number of rotatable bonds is 4. The van der Waals surface area contributed by atoms with Crippen LogP contribution in [0, 0.1) is 5.92 Å². The molecular weight excluding hydrogens is 184 g/mol. The summed E-state index contributed by atoms with van der Waals surface area (Å²) < 4.78 is 0. The highest BCUT2D eigenvalue weighted by atomic mass is 14.6. The van der Waals surface area contributed by atoms with Gasteiger partial charge >= 0.3 is 0 Å². The van der Waals surface area contributed by atoms with Crippen LogP contribution in [0.4, 0.5) is 0 Å². The number of hydrogen-bond acceptors (Lipinski definition) is 2. The van der Waals surface area contributed by atoms with Gasteiger partial charge in [-0.3, -0.25) is 0 Å². The first-order chi connectivity index (χ1) is 7.09. The van der Waals surface area contributed by atoms with E-state index in [9.17, 15) is 0 Å². The molecule has 2 atom stereocenters. The van der Waals surface area contributed by atoms with Crippen LogP contribution in [0.25, 0.3) is 0 Å². The fourth-order valence-corrected chi connectivity index (χ4v) is 1.57. The van der Waals surface area contributed by atoms with Gasteiger partial charge in [-0.1, -0.05) is 36.5 Å². The van der Waals surface area contributed by atoms with E-state index in [1.807, 2.05) is 25.2 Å². The van der Waals surface area contributed by atoms with Crippen molar-refractivity contribution in [3.05, 3.63) is 48.2 Å². The maximum Gasteiger partial charge on any atom is 0.0270 e. The van der Waals surface area contributed by atoms with Crippen molar-refractivity contribution in [3.63, 3.8) is 0 Å². The topological polar surface area (TPSA) is 52.0 Å². The summed E-state index contributed by atoms with van der Waals surface area (Å²) in [5.41, 5.74) is 13.6. The van der Waals surface area contributed by atoms with Gasteiger partial charge in [-0.2, -0.15) is 0 Å². The summed E-state index contributed by atoms with van der Waals surface area (Å²) in [5, 5.41) is 0. The van der Waals surface area contributed by atoms with E-state index in [1.54, 1.807) is 0 Å². The average Bonchev–Trinajstić information content (AvgIpc) is 2.18. The van der Waals surface area contributed by atoms with Gasteiger partial charge in [0.25, 0.3) is 0 Å². The number of allylic oxidation sites excluding steroid dienone is 4. The Labute approximate surface area is 92.0 Å². The van der Waals surface area contributed by atoms with Crippen molar-refractivity contribution in [2.45, 2.75) is 25.8 Å². The first-order valence-electron chi connectivity index (χ1n) is 5.31. The molecule has 0 spiro atoms. The molecule has 0 heterocycles. The molecule has 0 radical (unpaired) electrons. The molecule has 0 aliphatic heterocycles. The Morgan fingerprint density at radius 3 is 3.00 bits per heavy atom. The van der Waals surface area contributed by atoms with Crippen LogP contribution in [-0.4, -0.2) is 6.04 Å². The molecule has 1 aliphatic carbocycles. The zero-order valence-corrected chi connectivity index (χ0v) is 9.32. The Bertz CT molecular complexity index is 310. The molecule has 1 aliphatic rings. The predicted molar refractivity (Wildman–Crippen MR) is 66.1 cm³/mol. The highest BCUT2D eigenvalue weighted by Gasteiger charge is 2.14. The average molecular weight is 204 g/mol. The van der Waals surface area contributed by atoms with E-state index in [4.69, 9.17) is 11.5 Å². The van der Waals surface area contributed by atoms with Crippen LogP contribution in [0.15, 0.2) is 48.2 Å². The summed E-state index contributed by atoms with van der Waals surface area (Å²) in [6.45, 7) is 5.78. The van der Waals surface area contributed by atoms with Crippen molar-refractivity contribution in [3.8, 4) is 0 Å². The van der Waals surface area contributed by atoms with Crippen LogP contribution in [0.3, 0.4) is 0 Å². The summed E-state index contributed by atoms with van der Waals surface area (Å²) in [5.74, 6) is 0.409. The van der Waals surface area contributed by atoms with E-state index in [2.05, 4.69) is 18.7 Å². The van der Waals surface area contributed by atoms with Crippen molar-refractivity contribution in [1.82, 2.24) is 0 Å². The molecular formula is C13H20N2. The molecule has 2 heteroatoms. The van der Waals surface area contributed by atoms with Gasteiger partial charge in [0, 0.05) is 11.7 Å². The standard InChI is InChI=1S/C13H20N2/c1-10(2)4-3-5-13(15)11-6-8-12(14)9-7-11/h3-4,6,8-9,11,13H,1,5,7,14-15H2,2H3/b4-3-. The van der Waals surface area contributed by atoms with Gasteiger partial charge in [0.1, 0.15) is 0 Å². The molecule has 82 valence electrons. The van der Waals surface area contributed by atoms with Crippen molar-refractivity contribution in [1.29, 1.82) is 0 Å². The quantitative estimate of drug-likeness (QED) is 0.690. The molecule has 0 amide bonds. The van der Waals surface area contributed by atoms with Crippen LogP contribution in [0.2, 0.25) is 0 Å². The van der Waals surface area contributed by atoms with Gasteiger partial charge in [-0.25, -0.2) is 0 Å². The van der Waals surface area contributed by atoms with E-state index in [-0.39, 0.29) is 6.04 Å². The second-order valence-electron chi connectivity index (χ2n) is 4.11. The molecule has 0 bridgehead atoms. The zero-order valence-electron chi connectivity index (χ0n) is 9.32. The van der Waals surface area contributed by atoms with E-state index < -0.39 is 0 Å². The lowest BCUT2D eigenvalue weighted by Gasteiger charge is -2.20. The predicted octanol–water partition coefficient (Wildman–Crippen LogP) is 2.25. The third-order valence-corrected chi connectivity index (χ3v) is 2.52. The largest absolute Gasteiger partial charge is 0.399 e. The van der Waals surface area contributed by atoms with Gasteiger partial charge in [0.05, 0.1) is 0 Å². The van der Waals surface area contributed by atoms with Crippen molar-refractivity contribution in [2.24, 2.45) is 17.4 Å². The smallest absolute Gasteiger partial charge is 0.0270 e. The highest BCUT2D eigenvalue weighted by Crippen LogP contribution is 2.18. The lowest BCUT2D eigenvalue weighted by Crippen LogP contribution is -2.29. The SMILES string of the molecule is C=C(C)/C=C\CC(N)C1C=CC(N)=CC1. The second kappa shape index (κ2) is 5.56. The number of hydrogen-bond donors (Lipinski definition) is 2. The molecule has 4 N–H and O–H groups in total. The minimum absolute atomic E-state index is 0.168. The number of nitrogens with two attached hydrogens (primary N) is 2. The Morgan fingerprint density at radius 1 is 1.73 bits per heavy atom. The van der Waals surface area contributed by atoms with Crippen LogP contribution < -0.4 is 11.5 Å². The summed E-state index contributed by atoms with van der Waals surface area (Å²) >= 11 is 0. The molecule has 0 saturated carbocycles. The van der Waals surface area contributed by atoms with Gasteiger partial charge in [-0.05, 0) is 31.8 Å². The van der Waals surface area contributed by atoms with Crippen LogP contribution in [-0.2, 0) is 0 Å². The molecule has 0 aromatic heterocycles. The first-order valence-corrected chi connectivity index (χ1v) is 5.31. The minimum Gasteiger partial charge on any atom is -0.399 e. The summed E-state index contributed by atoms with van der Waals surface area (Å²) in [6.07, 6.45) is 12.0. The molecule has 2 unspecified atom stereocenters. The van der Waals surface area contributed by atoms with Gasteiger partial charge in [-0.15, -0.1) is 0 Å².